The molecule has 8 heteroatoms. The van der Waals surface area contributed by atoms with Crippen LogP contribution in [-0.2, 0) is 14.8 Å². The van der Waals surface area contributed by atoms with E-state index >= 15 is 0 Å². The number of hydrogen-bond acceptors (Lipinski definition) is 5. The van der Waals surface area contributed by atoms with E-state index in [4.69, 9.17) is 0 Å². The van der Waals surface area contributed by atoms with E-state index < -0.39 is 10.0 Å². The number of aromatic nitrogens is 1. The first-order chi connectivity index (χ1) is 14.2. The maximum Gasteiger partial charge on any atom is 0.246 e. The molecule has 1 N–H and O–H groups in total. The number of sulfonamides is 1. The highest BCUT2D eigenvalue weighted by molar-refractivity contribution is 7.89. The molecule has 3 rings (SSSR count). The number of aryl methyl sites for hydroxylation is 3. The molecule has 0 bridgehead atoms. The summed E-state index contributed by atoms with van der Waals surface area (Å²) in [6.45, 7) is 6.97. The molecule has 0 atom stereocenters. The van der Waals surface area contributed by atoms with E-state index in [1.165, 1.54) is 4.31 Å². The van der Waals surface area contributed by atoms with Crippen molar-refractivity contribution in [2.75, 3.05) is 36.9 Å². The maximum absolute atomic E-state index is 13.2. The first kappa shape index (κ1) is 22.2. The molecule has 0 unspecified atom stereocenters. The second kappa shape index (κ2) is 9.14. The highest BCUT2D eigenvalue weighted by Crippen LogP contribution is 2.27. The molecule has 0 radical (unpaired) electrons. The Hall–Kier alpha value is -2.45. The smallest absolute Gasteiger partial charge is 0.246 e. The first-order valence-electron chi connectivity index (χ1n) is 10.2. The van der Waals surface area contributed by atoms with Crippen LogP contribution in [0.2, 0.25) is 0 Å². The number of nitrogens with one attached hydrogen (secondary N) is 1. The van der Waals surface area contributed by atoms with Gasteiger partial charge < -0.3 is 10.2 Å². The summed E-state index contributed by atoms with van der Waals surface area (Å²) in [5, 5.41) is 2.96. The number of pyridine rings is 1. The fourth-order valence-electron chi connectivity index (χ4n) is 3.96. The van der Waals surface area contributed by atoms with E-state index in [0.717, 1.165) is 41.6 Å². The number of piperidine rings is 1. The molecule has 1 aromatic carbocycles. The predicted molar refractivity (Wildman–Crippen MR) is 119 cm³/mol. The van der Waals surface area contributed by atoms with Gasteiger partial charge in [-0.25, -0.2) is 13.4 Å². The lowest BCUT2D eigenvalue weighted by atomic mass is 10.1. The zero-order valence-corrected chi connectivity index (χ0v) is 18.9. The van der Waals surface area contributed by atoms with Crippen molar-refractivity contribution in [1.29, 1.82) is 0 Å². The summed E-state index contributed by atoms with van der Waals surface area (Å²) >= 11 is 0. The Morgan fingerprint density at radius 2 is 1.77 bits per heavy atom. The largest absolute Gasteiger partial charge is 0.349 e. The van der Waals surface area contributed by atoms with Gasteiger partial charge in [0.25, 0.3) is 0 Å². The van der Waals surface area contributed by atoms with E-state index in [-0.39, 0.29) is 23.2 Å². The third kappa shape index (κ3) is 4.82. The van der Waals surface area contributed by atoms with Crippen LogP contribution in [0.1, 0.15) is 36.0 Å². The summed E-state index contributed by atoms with van der Waals surface area (Å²) in [6, 6.07) is 7.23. The molecule has 162 valence electrons. The van der Waals surface area contributed by atoms with Crippen molar-refractivity contribution in [2.45, 2.75) is 44.9 Å². The van der Waals surface area contributed by atoms with Gasteiger partial charge in [-0.05, 0) is 56.9 Å². The van der Waals surface area contributed by atoms with Gasteiger partial charge in [-0.2, -0.15) is 4.31 Å². The van der Waals surface area contributed by atoms with Crippen LogP contribution in [0.15, 0.2) is 35.4 Å². The van der Waals surface area contributed by atoms with Crippen molar-refractivity contribution in [1.82, 2.24) is 9.29 Å². The van der Waals surface area contributed by atoms with E-state index in [0.29, 0.717) is 13.1 Å². The van der Waals surface area contributed by atoms with Crippen LogP contribution in [0.4, 0.5) is 11.5 Å². The number of anilines is 2. The van der Waals surface area contributed by atoms with Gasteiger partial charge in [-0.15, -0.1) is 0 Å². The quantitative estimate of drug-likeness (QED) is 0.761. The Bertz CT molecular complexity index is 1010. The van der Waals surface area contributed by atoms with Crippen LogP contribution >= 0.6 is 0 Å². The number of carbonyl (C=O) groups excluding carboxylic acids is 1. The minimum Gasteiger partial charge on any atom is -0.349 e. The first-order valence-corrected chi connectivity index (χ1v) is 11.7. The molecule has 30 heavy (non-hydrogen) atoms. The average molecular weight is 431 g/mol. The van der Waals surface area contributed by atoms with Gasteiger partial charge >= 0.3 is 0 Å². The van der Waals surface area contributed by atoms with E-state index in [2.05, 4.69) is 10.3 Å². The van der Waals surface area contributed by atoms with Crippen molar-refractivity contribution in [3.8, 4) is 0 Å². The van der Waals surface area contributed by atoms with Crippen molar-refractivity contribution < 1.29 is 13.2 Å². The van der Waals surface area contributed by atoms with Gasteiger partial charge in [-0.1, -0.05) is 24.1 Å². The Morgan fingerprint density at radius 3 is 2.40 bits per heavy atom. The fraction of sp³-hybridized carbons (Fsp3) is 0.455. The zero-order valence-electron chi connectivity index (χ0n) is 18.1. The van der Waals surface area contributed by atoms with Crippen molar-refractivity contribution in [3.63, 3.8) is 0 Å². The Balaban J connectivity index is 1.79. The minimum absolute atomic E-state index is 0.00765. The number of carbonyl (C=O) groups is 1. The lowest BCUT2D eigenvalue weighted by Gasteiger charge is -2.28. The molecule has 0 spiro atoms. The summed E-state index contributed by atoms with van der Waals surface area (Å²) in [6.07, 6.45) is 4.32. The van der Waals surface area contributed by atoms with E-state index in [9.17, 15) is 13.2 Å². The summed E-state index contributed by atoms with van der Waals surface area (Å²) in [7, 11) is -1.97. The van der Waals surface area contributed by atoms with Crippen LogP contribution < -0.4 is 10.2 Å². The summed E-state index contributed by atoms with van der Waals surface area (Å²) in [4.78, 5) is 18.7. The number of benzene rings is 1. The molecule has 2 aromatic rings. The predicted octanol–water partition coefficient (Wildman–Crippen LogP) is 3.26. The monoisotopic (exact) mass is 430 g/mol. The minimum atomic E-state index is -3.65. The zero-order chi connectivity index (χ0) is 21.9. The van der Waals surface area contributed by atoms with Gasteiger partial charge in [0.05, 0.1) is 6.54 Å². The molecule has 1 saturated heterocycles. The number of rotatable bonds is 6. The average Bonchev–Trinajstić information content (AvgIpc) is 2.71. The number of amides is 1. The molecule has 1 fully saturated rings. The molecule has 0 aliphatic carbocycles. The van der Waals surface area contributed by atoms with Gasteiger partial charge in [0.2, 0.25) is 15.9 Å². The second-order valence-corrected chi connectivity index (χ2v) is 9.87. The van der Waals surface area contributed by atoms with Crippen LogP contribution in [0.25, 0.3) is 0 Å². The van der Waals surface area contributed by atoms with Crippen LogP contribution in [0.5, 0.6) is 0 Å². The molecule has 0 saturated carbocycles. The molecule has 1 aromatic heterocycles. The lowest BCUT2D eigenvalue weighted by Crippen LogP contribution is -2.37. The molecule has 1 aliphatic rings. The highest BCUT2D eigenvalue weighted by Gasteiger charge is 2.30. The highest BCUT2D eigenvalue weighted by atomic mass is 32.2. The number of hydrogen-bond donors (Lipinski definition) is 1. The van der Waals surface area contributed by atoms with E-state index in [1.54, 1.807) is 30.3 Å². The second-order valence-electron chi connectivity index (χ2n) is 7.97. The summed E-state index contributed by atoms with van der Waals surface area (Å²) in [5.41, 5.74) is 3.92. The summed E-state index contributed by atoms with van der Waals surface area (Å²) in [5.74, 6) is 0.0649. The standard InChI is InChI=1S/C22H30N4O3S/c1-16-13-17(2)21(18(3)14-16)24-20(27)15-25(4)22-19(9-8-10-23-22)30(28,29)26-11-6-5-7-12-26/h8-10,13-14H,5-7,11-12,15H2,1-4H3,(H,24,27). The number of nitrogens with zero attached hydrogens (tertiary/aromatic N) is 3. The molecule has 2 heterocycles. The normalized spacial score (nSPS) is 15.1. The SMILES string of the molecule is Cc1cc(C)c(NC(=O)CN(C)c2ncccc2S(=O)(=O)N2CCCCC2)c(C)c1. The topological polar surface area (TPSA) is 82.6 Å². The van der Waals surface area contributed by atoms with Gasteiger partial charge in [-0.3, -0.25) is 4.79 Å². The van der Waals surface area contributed by atoms with Crippen molar-refractivity contribution in [2.24, 2.45) is 0 Å². The molecular weight excluding hydrogens is 400 g/mol. The molecule has 1 aliphatic heterocycles. The van der Waals surface area contributed by atoms with Crippen LogP contribution in [-0.4, -0.2) is 50.3 Å². The van der Waals surface area contributed by atoms with Crippen LogP contribution in [0, 0.1) is 20.8 Å². The third-order valence-corrected chi connectivity index (χ3v) is 7.29. The van der Waals surface area contributed by atoms with E-state index in [1.807, 2.05) is 32.9 Å². The van der Waals surface area contributed by atoms with Gasteiger partial charge in [0, 0.05) is 32.0 Å². The maximum atomic E-state index is 13.2. The fourth-order valence-corrected chi connectivity index (χ4v) is 5.67. The Kier molecular flexibility index (Phi) is 6.77. The van der Waals surface area contributed by atoms with Gasteiger partial charge in [0.15, 0.2) is 0 Å². The Labute approximate surface area is 179 Å². The molecular formula is C22H30N4O3S. The van der Waals surface area contributed by atoms with Gasteiger partial charge in [0.1, 0.15) is 10.7 Å². The number of likely N-dealkylation sites (N-methyl/N-ethyl adjacent to an activating group) is 1. The Morgan fingerprint density at radius 1 is 1.13 bits per heavy atom. The van der Waals surface area contributed by atoms with Crippen molar-refractivity contribution in [3.05, 3.63) is 47.2 Å². The lowest BCUT2D eigenvalue weighted by molar-refractivity contribution is -0.114. The van der Waals surface area contributed by atoms with Crippen LogP contribution in [0.3, 0.4) is 0 Å². The van der Waals surface area contributed by atoms with Crippen molar-refractivity contribution >= 4 is 27.4 Å². The summed E-state index contributed by atoms with van der Waals surface area (Å²) < 4.78 is 27.9. The third-order valence-electron chi connectivity index (χ3n) is 5.37. The molecule has 1 amide bonds. The molecule has 7 nitrogen and oxygen atoms in total.